The van der Waals surface area contributed by atoms with Gasteiger partial charge in [0.05, 0.1) is 11.0 Å². The van der Waals surface area contributed by atoms with Crippen LogP contribution in [0.2, 0.25) is 0 Å². The van der Waals surface area contributed by atoms with Gasteiger partial charge >= 0.3 is 0 Å². The third kappa shape index (κ3) is 7.59. The maximum absolute atomic E-state index is 4.08. The van der Waals surface area contributed by atoms with Gasteiger partial charge in [-0.2, -0.15) is 0 Å². The number of benzene rings is 7. The van der Waals surface area contributed by atoms with Crippen molar-refractivity contribution in [3.8, 4) is 16.8 Å². The van der Waals surface area contributed by atoms with Crippen LogP contribution in [0.5, 0.6) is 0 Å². The number of hydrogen-bond donors (Lipinski definition) is 0. The quantitative estimate of drug-likeness (QED) is 0.0827. The third-order valence-electron chi connectivity index (χ3n) is 18.2. The van der Waals surface area contributed by atoms with E-state index >= 15 is 0 Å². The van der Waals surface area contributed by atoms with Gasteiger partial charge in [-0.05, 0) is 181 Å². The Hall–Kier alpha value is -6.12. The first kappa shape index (κ1) is 45.0. The molecule has 1 heterocycles. The Labute approximate surface area is 418 Å². The average molecular weight is 917 g/mol. The highest BCUT2D eigenvalue weighted by Crippen LogP contribution is 2.67. The van der Waals surface area contributed by atoms with Crippen LogP contribution in [-0.2, 0) is 16.2 Å². The van der Waals surface area contributed by atoms with Gasteiger partial charge in [0, 0.05) is 38.9 Å². The summed E-state index contributed by atoms with van der Waals surface area (Å²) in [7, 11) is 0. The highest BCUT2D eigenvalue weighted by Gasteiger charge is 2.59. The minimum Gasteiger partial charge on any atom is -0.310 e. The van der Waals surface area contributed by atoms with Crippen molar-refractivity contribution in [3.63, 3.8) is 0 Å². The maximum atomic E-state index is 4.08. The van der Waals surface area contributed by atoms with Crippen molar-refractivity contribution >= 4 is 44.9 Å². The van der Waals surface area contributed by atoms with E-state index < -0.39 is 0 Å². The van der Waals surface area contributed by atoms with Crippen LogP contribution in [-0.4, -0.2) is 4.57 Å². The number of hydrogen-bond acceptors (Lipinski definition) is 1. The fraction of sp³-hybridized carbons (Fsp3) is 0.353. The van der Waals surface area contributed by atoms with Crippen molar-refractivity contribution in [1.82, 2.24) is 4.57 Å². The fourth-order valence-electron chi connectivity index (χ4n) is 15.3. The van der Waals surface area contributed by atoms with Gasteiger partial charge in [0.15, 0.2) is 0 Å². The second-order valence-corrected chi connectivity index (χ2v) is 22.6. The number of rotatable bonds is 17. The maximum Gasteiger partial charge on any atom is 0.0541 e. The summed E-state index contributed by atoms with van der Waals surface area (Å²) in [6.07, 6.45) is 22.8. The molecule has 13 rings (SSSR count). The van der Waals surface area contributed by atoms with E-state index in [4.69, 9.17) is 0 Å². The zero-order valence-electron chi connectivity index (χ0n) is 42.2. The molecule has 0 saturated heterocycles. The van der Waals surface area contributed by atoms with Crippen LogP contribution in [0.15, 0.2) is 164 Å². The second-order valence-electron chi connectivity index (χ2n) is 22.6. The largest absolute Gasteiger partial charge is 0.310 e. The molecule has 4 bridgehead atoms. The summed E-state index contributed by atoms with van der Waals surface area (Å²) in [5, 5.41) is 2.58. The monoisotopic (exact) mass is 917 g/mol. The highest BCUT2D eigenvalue weighted by atomic mass is 15.1. The third-order valence-corrected chi connectivity index (χ3v) is 18.2. The Kier molecular flexibility index (Phi) is 11.7. The van der Waals surface area contributed by atoms with E-state index in [9.17, 15) is 0 Å². The summed E-state index contributed by atoms with van der Waals surface area (Å²) < 4.78 is 2.43. The van der Waals surface area contributed by atoms with Gasteiger partial charge in [0.25, 0.3) is 0 Å². The summed E-state index contributed by atoms with van der Waals surface area (Å²) in [6, 6.07) is 61.5. The molecule has 4 fully saturated rings. The zero-order chi connectivity index (χ0) is 47.5. The number of unbranched alkanes of at least 4 members (excludes halogenated alkanes) is 6. The number of anilines is 3. The van der Waals surface area contributed by atoms with E-state index in [0.717, 1.165) is 11.8 Å². The molecule has 354 valence electrons. The zero-order valence-corrected chi connectivity index (χ0v) is 42.2. The normalized spacial score (nSPS) is 21.6. The number of aromatic nitrogens is 1. The van der Waals surface area contributed by atoms with Gasteiger partial charge in [0.2, 0.25) is 0 Å². The Morgan fingerprint density at radius 3 is 1.64 bits per heavy atom. The molecule has 0 radical (unpaired) electrons. The highest BCUT2D eigenvalue weighted by molar-refractivity contribution is 6.09. The van der Waals surface area contributed by atoms with Crippen LogP contribution in [0, 0.1) is 18.8 Å². The molecule has 2 unspecified atom stereocenters. The molecule has 0 spiro atoms. The Morgan fingerprint density at radius 2 is 1.06 bits per heavy atom. The molecule has 2 atom stereocenters. The molecule has 5 aliphatic rings. The molecule has 5 aliphatic carbocycles. The van der Waals surface area contributed by atoms with E-state index in [1.165, 1.54) is 170 Å². The van der Waals surface area contributed by atoms with Crippen molar-refractivity contribution < 1.29 is 0 Å². The minimum atomic E-state index is -0.0298. The van der Waals surface area contributed by atoms with E-state index in [0.29, 0.717) is 0 Å². The molecule has 8 aromatic rings. The summed E-state index contributed by atoms with van der Waals surface area (Å²) in [5.74, 6) is 1.62. The van der Waals surface area contributed by atoms with Crippen molar-refractivity contribution in [2.24, 2.45) is 11.8 Å². The Balaban J connectivity index is 0.978. The lowest BCUT2D eigenvalue weighted by atomic mass is 9.41. The number of nitrogens with zero attached hydrogens (tertiary/aromatic N) is 2. The fourth-order valence-corrected chi connectivity index (χ4v) is 15.3. The van der Waals surface area contributed by atoms with Gasteiger partial charge < -0.3 is 9.47 Å². The number of aryl methyl sites for hydroxylation is 1. The van der Waals surface area contributed by atoms with Crippen molar-refractivity contribution in [2.75, 3.05) is 4.90 Å². The molecule has 7 aromatic carbocycles. The number of para-hydroxylation sites is 2. The van der Waals surface area contributed by atoms with Crippen molar-refractivity contribution in [1.29, 1.82) is 0 Å². The van der Waals surface area contributed by atoms with Crippen LogP contribution in [0.4, 0.5) is 17.1 Å². The van der Waals surface area contributed by atoms with E-state index in [1.54, 1.807) is 22.3 Å². The molecule has 0 aliphatic heterocycles. The second kappa shape index (κ2) is 18.2. The van der Waals surface area contributed by atoms with Crippen LogP contribution in [0.25, 0.3) is 44.7 Å². The topological polar surface area (TPSA) is 8.17 Å². The molecule has 2 heteroatoms. The van der Waals surface area contributed by atoms with E-state index in [-0.39, 0.29) is 16.2 Å². The smallest absolute Gasteiger partial charge is 0.0541 e. The molecule has 0 amide bonds. The number of fused-ring (bicyclic) bond motifs is 6. The van der Waals surface area contributed by atoms with Crippen molar-refractivity contribution in [3.05, 3.63) is 198 Å². The first-order chi connectivity index (χ1) is 34.3. The average Bonchev–Trinajstić information content (AvgIpc) is 3.87. The van der Waals surface area contributed by atoms with E-state index in [2.05, 4.69) is 195 Å². The lowest BCUT2D eigenvalue weighted by molar-refractivity contribution is -0.0281. The van der Waals surface area contributed by atoms with Crippen LogP contribution >= 0.6 is 0 Å². The molecule has 0 N–H and O–H groups in total. The first-order valence-electron chi connectivity index (χ1n) is 27.3. The SMILES string of the molecule is C=Cc1ccc(C23CC4CC(C2)CC(c2ccc5c(c2)C(CCCCCC)(CCCCCC)c2cc(N(c6ccc(C)cc6)c6ccc(-n7c8ccccc8c8ccccc87)cc6)ccc2-5)(C4)C3)cc1. The summed E-state index contributed by atoms with van der Waals surface area (Å²) in [6.45, 7) is 11.0. The molecular formula is C68H72N2. The van der Waals surface area contributed by atoms with Crippen LogP contribution in [0.3, 0.4) is 0 Å². The predicted octanol–water partition coefficient (Wildman–Crippen LogP) is 19.2. The van der Waals surface area contributed by atoms with Gasteiger partial charge in [-0.3, -0.25) is 0 Å². The molecule has 70 heavy (non-hydrogen) atoms. The van der Waals surface area contributed by atoms with Gasteiger partial charge in [-0.1, -0.05) is 180 Å². The predicted molar refractivity (Wildman–Crippen MR) is 299 cm³/mol. The van der Waals surface area contributed by atoms with E-state index in [1.807, 2.05) is 6.08 Å². The summed E-state index contributed by atoms with van der Waals surface area (Å²) >= 11 is 0. The van der Waals surface area contributed by atoms with Crippen molar-refractivity contribution in [2.45, 2.75) is 140 Å². The molecule has 4 saturated carbocycles. The Bertz CT molecular complexity index is 3100. The van der Waals surface area contributed by atoms with Gasteiger partial charge in [0.1, 0.15) is 0 Å². The van der Waals surface area contributed by atoms with Gasteiger partial charge in [-0.15, -0.1) is 0 Å². The van der Waals surface area contributed by atoms with Gasteiger partial charge in [-0.25, -0.2) is 0 Å². The van der Waals surface area contributed by atoms with Crippen LogP contribution in [0.1, 0.15) is 150 Å². The summed E-state index contributed by atoms with van der Waals surface area (Å²) in [5.41, 5.74) is 19.7. The Morgan fingerprint density at radius 1 is 0.543 bits per heavy atom. The first-order valence-corrected chi connectivity index (χ1v) is 27.3. The molecular weight excluding hydrogens is 845 g/mol. The lowest BCUT2D eigenvalue weighted by Crippen LogP contribution is -2.56. The molecule has 2 nitrogen and oxygen atoms in total. The molecule has 1 aromatic heterocycles. The minimum absolute atomic E-state index is 0.0298. The van der Waals surface area contributed by atoms with Crippen LogP contribution < -0.4 is 4.90 Å². The lowest BCUT2D eigenvalue weighted by Gasteiger charge is -2.63. The standard InChI is InChI=1S/C68H72N2/c1-5-8-10-16-38-68(39-17-11-9-6-2)62-41-53(67-45-50-40-51(46-67)44-66(43-50,47-67)52-26-24-49(7-3)25-27-52)28-36-58(62)59-37-35-57(42-63(59)68)69(54-29-22-48(4)23-30-54)55-31-33-56(34-32-55)70-64-20-14-12-18-60(64)61-19-13-15-21-65(61)70/h7,12-15,18-37,41-42,50-51H,3,5-6,8-11,16-17,38-40,43-47H2,1-2,4H3. The summed E-state index contributed by atoms with van der Waals surface area (Å²) in [4.78, 5) is 2.53.